The normalized spacial score (nSPS) is 27.9. The van der Waals surface area contributed by atoms with E-state index in [1.807, 2.05) is 15.6 Å². The smallest absolute Gasteiger partial charge is 0.241 e. The number of carbonyl (C=O) groups excluding carboxylic acids is 1. The fourth-order valence-corrected chi connectivity index (χ4v) is 4.85. The van der Waals surface area contributed by atoms with Crippen LogP contribution in [0.15, 0.2) is 12.3 Å². The topological polar surface area (TPSA) is 104 Å². The third-order valence-electron chi connectivity index (χ3n) is 6.41. The number of nitrogens with zero attached hydrogens (tertiary/aromatic N) is 5. The quantitative estimate of drug-likeness (QED) is 0.691. The molecule has 0 radical (unpaired) electrons. The van der Waals surface area contributed by atoms with Crippen molar-refractivity contribution in [3.63, 3.8) is 0 Å². The molecule has 9 heteroatoms. The van der Waals surface area contributed by atoms with Gasteiger partial charge in [-0.25, -0.2) is 14.9 Å². The summed E-state index contributed by atoms with van der Waals surface area (Å²) in [5, 5.41) is 4.82. The summed E-state index contributed by atoms with van der Waals surface area (Å²) in [7, 11) is 0. The van der Waals surface area contributed by atoms with Gasteiger partial charge in [-0.1, -0.05) is 0 Å². The Hall–Kier alpha value is -2.23. The summed E-state index contributed by atoms with van der Waals surface area (Å²) in [6.07, 6.45) is 6.98. The second-order valence-corrected chi connectivity index (χ2v) is 8.57. The van der Waals surface area contributed by atoms with Crippen molar-refractivity contribution >= 4 is 17.4 Å². The van der Waals surface area contributed by atoms with Crippen molar-refractivity contribution < 1.29 is 4.79 Å². The molecule has 9 nitrogen and oxygen atoms in total. The number of amides is 1. The van der Waals surface area contributed by atoms with E-state index in [4.69, 9.17) is 15.8 Å². The zero-order chi connectivity index (χ0) is 20.0. The fraction of sp³-hybridized carbons (Fsp3) is 0.650. The van der Waals surface area contributed by atoms with Gasteiger partial charge in [-0.2, -0.15) is 5.10 Å². The SMILES string of the molecule is Cc1cn2nc([C@@H]3CCCCN3C(=O)C3CCNN3)cc2nc1N1CC[C@H](N)C1. The van der Waals surface area contributed by atoms with E-state index in [-0.39, 0.29) is 24.0 Å². The van der Waals surface area contributed by atoms with Crippen LogP contribution in [0.4, 0.5) is 5.82 Å². The lowest BCUT2D eigenvalue weighted by atomic mass is 9.98. The number of hydrazine groups is 1. The van der Waals surface area contributed by atoms with Gasteiger partial charge in [0.15, 0.2) is 5.65 Å². The van der Waals surface area contributed by atoms with Crippen LogP contribution in [0.1, 0.15) is 49.4 Å². The van der Waals surface area contributed by atoms with Gasteiger partial charge in [0.2, 0.25) is 5.91 Å². The van der Waals surface area contributed by atoms with Crippen LogP contribution in [0.3, 0.4) is 0 Å². The van der Waals surface area contributed by atoms with E-state index in [9.17, 15) is 4.79 Å². The molecular weight excluding hydrogens is 368 g/mol. The lowest BCUT2D eigenvalue weighted by Crippen LogP contribution is -2.48. The van der Waals surface area contributed by atoms with Crippen LogP contribution in [0.5, 0.6) is 0 Å². The van der Waals surface area contributed by atoms with Gasteiger partial charge in [0.1, 0.15) is 11.9 Å². The molecule has 0 saturated carbocycles. The molecular formula is C20H30N8O. The largest absolute Gasteiger partial charge is 0.355 e. The number of nitrogens with two attached hydrogens (primary N) is 1. The molecule has 1 unspecified atom stereocenters. The molecule has 29 heavy (non-hydrogen) atoms. The Morgan fingerprint density at radius 1 is 1.24 bits per heavy atom. The van der Waals surface area contributed by atoms with E-state index in [0.717, 1.165) is 81.0 Å². The molecule has 3 atom stereocenters. The Kier molecular flexibility index (Phi) is 4.89. The third kappa shape index (κ3) is 3.47. The molecule has 5 heterocycles. The predicted octanol–water partition coefficient (Wildman–Crippen LogP) is 0.495. The number of aryl methyl sites for hydroxylation is 1. The van der Waals surface area contributed by atoms with Crippen molar-refractivity contribution in [1.82, 2.24) is 30.3 Å². The number of anilines is 1. The highest BCUT2D eigenvalue weighted by atomic mass is 16.2. The van der Waals surface area contributed by atoms with Crippen LogP contribution in [-0.2, 0) is 4.79 Å². The second-order valence-electron chi connectivity index (χ2n) is 8.57. The van der Waals surface area contributed by atoms with Crippen molar-refractivity contribution in [2.24, 2.45) is 5.73 Å². The molecule has 0 aliphatic carbocycles. The van der Waals surface area contributed by atoms with E-state index in [1.165, 1.54) is 0 Å². The molecule has 5 rings (SSSR count). The molecule has 0 spiro atoms. The Bertz CT molecular complexity index is 905. The lowest BCUT2D eigenvalue weighted by Gasteiger charge is -2.36. The predicted molar refractivity (Wildman–Crippen MR) is 110 cm³/mol. The number of carbonyl (C=O) groups is 1. The minimum atomic E-state index is -0.140. The van der Waals surface area contributed by atoms with E-state index < -0.39 is 0 Å². The zero-order valence-electron chi connectivity index (χ0n) is 17.0. The minimum Gasteiger partial charge on any atom is -0.355 e. The highest BCUT2D eigenvalue weighted by Crippen LogP contribution is 2.32. The van der Waals surface area contributed by atoms with E-state index in [0.29, 0.717) is 0 Å². The second kappa shape index (κ2) is 7.55. The Morgan fingerprint density at radius 2 is 2.14 bits per heavy atom. The van der Waals surface area contributed by atoms with Gasteiger partial charge >= 0.3 is 0 Å². The van der Waals surface area contributed by atoms with E-state index in [2.05, 4.69) is 28.7 Å². The van der Waals surface area contributed by atoms with Crippen LogP contribution in [0, 0.1) is 6.92 Å². The van der Waals surface area contributed by atoms with Crippen molar-refractivity contribution in [2.75, 3.05) is 31.1 Å². The molecule has 3 fully saturated rings. The summed E-state index contributed by atoms with van der Waals surface area (Å²) in [6.45, 7) is 5.48. The highest BCUT2D eigenvalue weighted by molar-refractivity contribution is 5.82. The molecule has 0 aromatic carbocycles. The summed E-state index contributed by atoms with van der Waals surface area (Å²) in [5.74, 6) is 1.17. The maximum Gasteiger partial charge on any atom is 0.241 e. The van der Waals surface area contributed by atoms with Crippen LogP contribution in [0.2, 0.25) is 0 Å². The van der Waals surface area contributed by atoms with Crippen molar-refractivity contribution in [3.8, 4) is 0 Å². The molecule has 4 N–H and O–H groups in total. The number of aromatic nitrogens is 3. The van der Waals surface area contributed by atoms with Crippen LogP contribution >= 0.6 is 0 Å². The number of hydrogen-bond donors (Lipinski definition) is 3. The van der Waals surface area contributed by atoms with Gasteiger partial charge in [0.25, 0.3) is 0 Å². The Morgan fingerprint density at radius 3 is 2.90 bits per heavy atom. The van der Waals surface area contributed by atoms with Crippen molar-refractivity contribution in [1.29, 1.82) is 0 Å². The van der Waals surface area contributed by atoms with E-state index in [1.54, 1.807) is 0 Å². The molecule has 2 aromatic heterocycles. The Balaban J connectivity index is 1.44. The van der Waals surface area contributed by atoms with E-state index >= 15 is 0 Å². The first-order valence-corrected chi connectivity index (χ1v) is 10.8. The van der Waals surface area contributed by atoms with Gasteiger partial charge in [-0.3, -0.25) is 10.2 Å². The summed E-state index contributed by atoms with van der Waals surface area (Å²) < 4.78 is 1.86. The van der Waals surface area contributed by atoms with Crippen molar-refractivity contribution in [2.45, 2.75) is 57.2 Å². The first-order chi connectivity index (χ1) is 14.1. The molecule has 1 amide bonds. The number of piperidine rings is 1. The number of fused-ring (bicyclic) bond motifs is 1. The molecule has 3 saturated heterocycles. The summed E-state index contributed by atoms with van der Waals surface area (Å²) in [4.78, 5) is 22.2. The maximum absolute atomic E-state index is 13.1. The molecule has 3 aliphatic rings. The minimum absolute atomic E-state index is 0.0179. The number of rotatable bonds is 3. The molecule has 2 aromatic rings. The van der Waals surface area contributed by atoms with Crippen molar-refractivity contribution in [3.05, 3.63) is 23.5 Å². The van der Waals surface area contributed by atoms with Gasteiger partial charge in [0, 0.05) is 50.0 Å². The first-order valence-electron chi connectivity index (χ1n) is 10.8. The van der Waals surface area contributed by atoms with Crippen LogP contribution in [0.25, 0.3) is 5.65 Å². The fourth-order valence-electron chi connectivity index (χ4n) is 4.85. The average molecular weight is 399 g/mol. The zero-order valence-corrected chi connectivity index (χ0v) is 17.0. The Labute approximate surface area is 170 Å². The average Bonchev–Trinajstić information content (AvgIpc) is 3.47. The maximum atomic E-state index is 13.1. The summed E-state index contributed by atoms with van der Waals surface area (Å²) in [6, 6.07) is 2.15. The van der Waals surface area contributed by atoms with Gasteiger partial charge in [-0.15, -0.1) is 0 Å². The molecule has 0 bridgehead atoms. The third-order valence-corrected chi connectivity index (χ3v) is 6.41. The lowest BCUT2D eigenvalue weighted by molar-refractivity contribution is -0.137. The van der Waals surface area contributed by atoms with Gasteiger partial charge in [0.05, 0.1) is 11.7 Å². The number of nitrogens with one attached hydrogen (secondary N) is 2. The molecule has 3 aliphatic heterocycles. The summed E-state index contributed by atoms with van der Waals surface area (Å²) >= 11 is 0. The van der Waals surface area contributed by atoms with Gasteiger partial charge < -0.3 is 15.5 Å². The number of hydrogen-bond acceptors (Lipinski definition) is 7. The molecule has 156 valence electrons. The van der Waals surface area contributed by atoms with Crippen LogP contribution < -0.4 is 21.5 Å². The standard InChI is InChI=1S/C20H30N8O/c1-13-11-28-18(23-19(13)26-9-6-14(21)12-26)10-16(25-28)17-4-2-3-8-27(17)20(29)15-5-7-22-24-15/h10-11,14-15,17,22,24H,2-9,12,21H2,1H3/t14-,15?,17-/m0/s1. The highest BCUT2D eigenvalue weighted by Gasteiger charge is 2.35. The van der Waals surface area contributed by atoms with Gasteiger partial charge in [-0.05, 0) is 39.0 Å². The monoisotopic (exact) mass is 398 g/mol. The summed E-state index contributed by atoms with van der Waals surface area (Å²) in [5.41, 5.74) is 15.1. The van der Waals surface area contributed by atoms with Crippen LogP contribution in [-0.4, -0.2) is 63.7 Å². The number of likely N-dealkylation sites (tertiary alicyclic amines) is 1. The first kappa shape index (κ1) is 18.8.